The van der Waals surface area contributed by atoms with Gasteiger partial charge in [0.05, 0.1) is 34.2 Å². The van der Waals surface area contributed by atoms with Crippen molar-refractivity contribution in [1.82, 2.24) is 9.97 Å². The summed E-state index contributed by atoms with van der Waals surface area (Å²) >= 11 is 0. The maximum absolute atomic E-state index is 5.16. The number of para-hydroxylation sites is 2. The lowest BCUT2D eigenvalue weighted by Gasteiger charge is -2.39. The molecule has 3 heterocycles. The lowest BCUT2D eigenvalue weighted by atomic mass is 9.99. The van der Waals surface area contributed by atoms with Crippen molar-refractivity contribution in [3.8, 4) is 67.3 Å². The lowest BCUT2D eigenvalue weighted by molar-refractivity contribution is 0.850. The molecule has 0 aliphatic carbocycles. The number of fused-ring (bicyclic) bond motifs is 1. The summed E-state index contributed by atoms with van der Waals surface area (Å²) in [5.41, 5.74) is 17.6. The Kier molecular flexibility index (Phi) is 9.34. The second-order valence-corrected chi connectivity index (χ2v) is 14.6. The minimum absolute atomic E-state index is 0.846. The van der Waals surface area contributed by atoms with Crippen molar-refractivity contribution in [2.75, 3.05) is 22.9 Å². The standard InChI is InChI=1S/C54H40N4/c1-5-15-39(16-6-1)45-35-49(41-19-9-3-10-20-41)55-51(37-45)43-25-29-47(30-26-43)57-33-34-58(54-24-14-13-23-53(54)57)48-31-27-44(28-32-48)52-38-46(40-17-7-2-8-18-40)36-50(56-52)42-21-11-4-12-22-42/h1-32,35-38H,33-34H2. The summed E-state index contributed by atoms with van der Waals surface area (Å²) in [6.07, 6.45) is 0. The minimum Gasteiger partial charge on any atom is -0.338 e. The molecule has 1 aliphatic heterocycles. The highest BCUT2D eigenvalue weighted by Gasteiger charge is 2.25. The van der Waals surface area contributed by atoms with Crippen molar-refractivity contribution in [3.63, 3.8) is 0 Å². The number of hydrogen-bond acceptors (Lipinski definition) is 4. The molecule has 0 amide bonds. The number of nitrogens with zero attached hydrogens (tertiary/aromatic N) is 4. The average Bonchev–Trinajstić information content (AvgIpc) is 3.32. The summed E-state index contributed by atoms with van der Waals surface area (Å²) < 4.78 is 0. The van der Waals surface area contributed by atoms with Gasteiger partial charge in [0, 0.05) is 46.7 Å². The molecule has 0 unspecified atom stereocenters. The largest absolute Gasteiger partial charge is 0.338 e. The van der Waals surface area contributed by atoms with Gasteiger partial charge in [0.15, 0.2) is 0 Å². The highest BCUT2D eigenvalue weighted by atomic mass is 15.3. The topological polar surface area (TPSA) is 32.3 Å². The molecule has 0 saturated carbocycles. The summed E-state index contributed by atoms with van der Waals surface area (Å²) in [4.78, 5) is 15.2. The third-order valence-corrected chi connectivity index (χ3v) is 11.0. The number of pyridine rings is 2. The van der Waals surface area contributed by atoms with Crippen LogP contribution in [0.15, 0.2) is 218 Å². The van der Waals surface area contributed by atoms with E-state index in [2.05, 4.69) is 216 Å². The van der Waals surface area contributed by atoms with E-state index in [0.29, 0.717) is 0 Å². The molecule has 10 rings (SSSR count). The number of rotatable bonds is 8. The Balaban J connectivity index is 0.936. The predicted octanol–water partition coefficient (Wildman–Crippen LogP) is 13.8. The van der Waals surface area contributed by atoms with Crippen molar-refractivity contribution < 1.29 is 0 Å². The molecule has 0 N–H and O–H groups in total. The first-order valence-electron chi connectivity index (χ1n) is 19.8. The Morgan fingerprint density at radius 3 is 0.862 bits per heavy atom. The van der Waals surface area contributed by atoms with Gasteiger partial charge in [0.1, 0.15) is 0 Å². The van der Waals surface area contributed by atoms with E-state index in [1.54, 1.807) is 0 Å². The monoisotopic (exact) mass is 744 g/mol. The van der Waals surface area contributed by atoms with E-state index in [9.17, 15) is 0 Å². The molecule has 2 aromatic heterocycles. The first-order valence-corrected chi connectivity index (χ1v) is 19.8. The summed E-state index contributed by atoms with van der Waals surface area (Å²) in [7, 11) is 0. The van der Waals surface area contributed by atoms with Gasteiger partial charge in [0.2, 0.25) is 0 Å². The Morgan fingerprint density at radius 1 is 0.259 bits per heavy atom. The number of benzene rings is 7. The van der Waals surface area contributed by atoms with E-state index in [0.717, 1.165) is 80.6 Å². The summed E-state index contributed by atoms with van der Waals surface area (Å²) in [6.45, 7) is 1.69. The van der Waals surface area contributed by atoms with Gasteiger partial charge in [-0.2, -0.15) is 0 Å². The van der Waals surface area contributed by atoms with E-state index in [-0.39, 0.29) is 0 Å². The van der Waals surface area contributed by atoms with Crippen molar-refractivity contribution in [3.05, 3.63) is 218 Å². The highest BCUT2D eigenvalue weighted by Crippen LogP contribution is 2.42. The number of hydrogen-bond donors (Lipinski definition) is 0. The normalized spacial score (nSPS) is 12.3. The first-order chi connectivity index (χ1) is 28.7. The second kappa shape index (κ2) is 15.5. The van der Waals surface area contributed by atoms with Crippen molar-refractivity contribution in [2.24, 2.45) is 0 Å². The Bertz CT molecular complexity index is 2490. The molecule has 4 nitrogen and oxygen atoms in total. The molecule has 58 heavy (non-hydrogen) atoms. The van der Waals surface area contributed by atoms with Crippen LogP contribution in [0.1, 0.15) is 0 Å². The van der Waals surface area contributed by atoms with Gasteiger partial charge in [-0.15, -0.1) is 0 Å². The van der Waals surface area contributed by atoms with E-state index in [4.69, 9.17) is 9.97 Å². The van der Waals surface area contributed by atoms with Gasteiger partial charge in [-0.3, -0.25) is 0 Å². The SMILES string of the molecule is c1ccc(-c2cc(-c3ccccc3)nc(-c3ccc(N4CCN(c5ccc(-c6cc(-c7ccccc7)cc(-c7ccccc7)n6)cc5)c5ccccc54)cc3)c2)cc1. The Morgan fingerprint density at radius 2 is 0.534 bits per heavy atom. The molecule has 0 atom stereocenters. The van der Waals surface area contributed by atoms with Crippen LogP contribution < -0.4 is 9.80 Å². The van der Waals surface area contributed by atoms with E-state index >= 15 is 0 Å². The molecule has 0 bridgehead atoms. The van der Waals surface area contributed by atoms with Crippen LogP contribution in [0.2, 0.25) is 0 Å². The summed E-state index contributed by atoms with van der Waals surface area (Å²) in [5, 5.41) is 0. The molecular formula is C54H40N4. The van der Waals surface area contributed by atoms with Crippen LogP contribution in [0.5, 0.6) is 0 Å². The van der Waals surface area contributed by atoms with Crippen LogP contribution in [0, 0.1) is 0 Å². The van der Waals surface area contributed by atoms with Gasteiger partial charge >= 0.3 is 0 Å². The zero-order valence-electron chi connectivity index (χ0n) is 32.0. The fourth-order valence-electron chi connectivity index (χ4n) is 7.99. The molecule has 9 aromatic rings. The van der Waals surface area contributed by atoms with Crippen LogP contribution >= 0.6 is 0 Å². The summed E-state index contributed by atoms with van der Waals surface area (Å²) in [6, 6.07) is 77.2. The van der Waals surface area contributed by atoms with E-state index in [1.165, 1.54) is 22.5 Å². The Labute approximate surface area is 340 Å². The van der Waals surface area contributed by atoms with Gasteiger partial charge in [0.25, 0.3) is 0 Å². The van der Waals surface area contributed by atoms with Crippen LogP contribution in [-0.4, -0.2) is 23.1 Å². The van der Waals surface area contributed by atoms with Gasteiger partial charge in [-0.1, -0.05) is 158 Å². The maximum atomic E-state index is 5.16. The Hall–Kier alpha value is -7.56. The van der Waals surface area contributed by atoms with Crippen molar-refractivity contribution in [2.45, 2.75) is 0 Å². The molecule has 1 aliphatic rings. The molecule has 276 valence electrons. The van der Waals surface area contributed by atoms with Crippen LogP contribution in [0.4, 0.5) is 22.7 Å². The van der Waals surface area contributed by atoms with Gasteiger partial charge in [-0.05, 0) is 82.9 Å². The van der Waals surface area contributed by atoms with E-state index < -0.39 is 0 Å². The molecule has 0 radical (unpaired) electrons. The lowest BCUT2D eigenvalue weighted by Crippen LogP contribution is -2.36. The first kappa shape index (κ1) is 34.9. The quantitative estimate of drug-likeness (QED) is 0.155. The zero-order valence-corrected chi connectivity index (χ0v) is 32.0. The molecule has 4 heteroatoms. The van der Waals surface area contributed by atoms with E-state index in [1.807, 2.05) is 12.1 Å². The second-order valence-electron chi connectivity index (χ2n) is 14.6. The summed E-state index contributed by atoms with van der Waals surface area (Å²) in [5.74, 6) is 0. The molecule has 7 aromatic carbocycles. The highest BCUT2D eigenvalue weighted by molar-refractivity contribution is 5.85. The minimum atomic E-state index is 0.846. The zero-order chi connectivity index (χ0) is 38.7. The third-order valence-electron chi connectivity index (χ3n) is 11.0. The van der Waals surface area contributed by atoms with Gasteiger partial charge in [-0.25, -0.2) is 9.97 Å². The number of aromatic nitrogens is 2. The van der Waals surface area contributed by atoms with Crippen molar-refractivity contribution >= 4 is 22.7 Å². The van der Waals surface area contributed by atoms with Crippen LogP contribution in [-0.2, 0) is 0 Å². The molecule has 0 spiro atoms. The third kappa shape index (κ3) is 7.04. The van der Waals surface area contributed by atoms with Crippen LogP contribution in [0.3, 0.4) is 0 Å². The molecule has 0 saturated heterocycles. The molecular weight excluding hydrogens is 705 g/mol. The fourth-order valence-corrected chi connectivity index (χ4v) is 7.99. The predicted molar refractivity (Wildman–Crippen MR) is 242 cm³/mol. The van der Waals surface area contributed by atoms with Crippen molar-refractivity contribution in [1.29, 1.82) is 0 Å². The van der Waals surface area contributed by atoms with Crippen LogP contribution in [0.25, 0.3) is 67.3 Å². The fraction of sp³-hybridized carbons (Fsp3) is 0.0370. The average molecular weight is 745 g/mol. The number of anilines is 4. The molecule has 0 fully saturated rings. The van der Waals surface area contributed by atoms with Gasteiger partial charge < -0.3 is 9.80 Å². The smallest absolute Gasteiger partial charge is 0.0715 e. The maximum Gasteiger partial charge on any atom is 0.0715 e.